The normalized spacial score (nSPS) is 16.9. The zero-order chi connectivity index (χ0) is 14.6. The van der Waals surface area contributed by atoms with Crippen LogP contribution in [0.2, 0.25) is 0 Å². The van der Waals surface area contributed by atoms with E-state index in [2.05, 4.69) is 10.3 Å². The largest absolute Gasteiger partial charge is 0.390 e. The van der Waals surface area contributed by atoms with Crippen LogP contribution in [-0.4, -0.2) is 47.1 Å². The molecule has 1 amide bonds. The average Bonchev–Trinajstić information content (AvgIpc) is 2.85. The highest BCUT2D eigenvalue weighted by atomic mass is 16.3. The van der Waals surface area contributed by atoms with E-state index in [9.17, 15) is 9.90 Å². The molecule has 0 atom stereocenters. The summed E-state index contributed by atoms with van der Waals surface area (Å²) in [7, 11) is 3.44. The standard InChI is InChI=1S/C15H23N3O2/c1-18(2)14(19)12-5-6-13(17-11-12)16-10-9-15(20)7-3-4-8-15/h5-6,11,20H,3-4,7-10H2,1-2H3,(H,16,17). The molecule has 5 heteroatoms. The Kier molecular flexibility index (Phi) is 4.60. The van der Waals surface area contributed by atoms with Gasteiger partial charge in [-0.25, -0.2) is 4.98 Å². The van der Waals surface area contributed by atoms with E-state index in [-0.39, 0.29) is 5.91 Å². The number of hydrogen-bond donors (Lipinski definition) is 2. The van der Waals surface area contributed by atoms with E-state index in [4.69, 9.17) is 0 Å². The smallest absolute Gasteiger partial charge is 0.254 e. The summed E-state index contributed by atoms with van der Waals surface area (Å²) in [4.78, 5) is 17.5. The van der Waals surface area contributed by atoms with E-state index in [1.54, 1.807) is 32.4 Å². The Hall–Kier alpha value is -1.62. The molecule has 0 aliphatic heterocycles. The monoisotopic (exact) mass is 277 g/mol. The molecular weight excluding hydrogens is 254 g/mol. The summed E-state index contributed by atoms with van der Waals surface area (Å²) in [6.45, 7) is 0.699. The summed E-state index contributed by atoms with van der Waals surface area (Å²) in [6, 6.07) is 3.57. The van der Waals surface area contributed by atoms with Crippen molar-refractivity contribution < 1.29 is 9.90 Å². The molecule has 1 fully saturated rings. The fourth-order valence-electron chi connectivity index (χ4n) is 2.59. The van der Waals surface area contributed by atoms with Gasteiger partial charge >= 0.3 is 0 Å². The minimum atomic E-state index is -0.492. The number of carbonyl (C=O) groups excluding carboxylic acids is 1. The second kappa shape index (κ2) is 6.22. The van der Waals surface area contributed by atoms with E-state index in [0.29, 0.717) is 12.1 Å². The summed E-state index contributed by atoms with van der Waals surface area (Å²) >= 11 is 0. The first-order valence-corrected chi connectivity index (χ1v) is 7.14. The number of aliphatic hydroxyl groups is 1. The maximum atomic E-state index is 11.7. The van der Waals surface area contributed by atoms with E-state index >= 15 is 0 Å². The van der Waals surface area contributed by atoms with Crippen LogP contribution in [0, 0.1) is 0 Å². The van der Waals surface area contributed by atoms with Crippen molar-refractivity contribution in [2.24, 2.45) is 0 Å². The zero-order valence-corrected chi connectivity index (χ0v) is 12.2. The van der Waals surface area contributed by atoms with E-state index in [1.165, 1.54) is 4.90 Å². The van der Waals surface area contributed by atoms with Gasteiger partial charge in [-0.3, -0.25) is 4.79 Å². The number of anilines is 1. The van der Waals surface area contributed by atoms with E-state index < -0.39 is 5.60 Å². The molecule has 1 aromatic rings. The molecule has 20 heavy (non-hydrogen) atoms. The first-order chi connectivity index (χ1) is 9.50. The molecule has 1 heterocycles. The molecule has 1 aliphatic rings. The van der Waals surface area contributed by atoms with Crippen LogP contribution in [0.25, 0.3) is 0 Å². The summed E-state index contributed by atoms with van der Waals surface area (Å²) in [5.74, 6) is 0.686. The van der Waals surface area contributed by atoms with Gasteiger partial charge in [-0.15, -0.1) is 0 Å². The topological polar surface area (TPSA) is 65.5 Å². The lowest BCUT2D eigenvalue weighted by Gasteiger charge is -2.22. The number of nitrogens with one attached hydrogen (secondary N) is 1. The van der Waals surface area contributed by atoms with Gasteiger partial charge in [0.2, 0.25) is 0 Å². The fourth-order valence-corrected chi connectivity index (χ4v) is 2.59. The van der Waals surface area contributed by atoms with Crippen molar-refractivity contribution in [3.05, 3.63) is 23.9 Å². The van der Waals surface area contributed by atoms with Crippen molar-refractivity contribution in [1.29, 1.82) is 0 Å². The molecule has 5 nitrogen and oxygen atoms in total. The predicted octanol–water partition coefficient (Wildman–Crippen LogP) is 1.89. The summed E-state index contributed by atoms with van der Waals surface area (Å²) < 4.78 is 0. The summed E-state index contributed by atoms with van der Waals surface area (Å²) in [5.41, 5.74) is 0.0864. The number of carbonyl (C=O) groups is 1. The number of hydrogen-bond acceptors (Lipinski definition) is 4. The van der Waals surface area contributed by atoms with Gasteiger partial charge in [0.25, 0.3) is 5.91 Å². The summed E-state index contributed by atoms with van der Waals surface area (Å²) in [6.07, 6.45) is 6.37. The van der Waals surface area contributed by atoms with Gasteiger partial charge in [0.05, 0.1) is 11.2 Å². The Morgan fingerprint density at radius 3 is 2.65 bits per heavy atom. The number of aromatic nitrogens is 1. The third kappa shape index (κ3) is 3.70. The molecule has 0 saturated heterocycles. The highest BCUT2D eigenvalue weighted by Crippen LogP contribution is 2.32. The SMILES string of the molecule is CN(C)C(=O)c1ccc(NCCC2(O)CCCC2)nc1. The van der Waals surface area contributed by atoms with Gasteiger partial charge in [-0.05, 0) is 31.4 Å². The maximum absolute atomic E-state index is 11.7. The third-order valence-electron chi connectivity index (χ3n) is 3.85. The van der Waals surface area contributed by atoms with Crippen molar-refractivity contribution in [1.82, 2.24) is 9.88 Å². The Morgan fingerprint density at radius 2 is 2.10 bits per heavy atom. The molecule has 1 saturated carbocycles. The van der Waals surface area contributed by atoms with Gasteiger partial charge < -0.3 is 15.3 Å². The van der Waals surface area contributed by atoms with Crippen LogP contribution >= 0.6 is 0 Å². The first kappa shape index (κ1) is 14.8. The zero-order valence-electron chi connectivity index (χ0n) is 12.2. The minimum Gasteiger partial charge on any atom is -0.390 e. The molecule has 2 N–H and O–H groups in total. The van der Waals surface area contributed by atoms with Crippen LogP contribution in [-0.2, 0) is 0 Å². The van der Waals surface area contributed by atoms with Crippen molar-refractivity contribution in [2.75, 3.05) is 26.0 Å². The number of amides is 1. The number of rotatable bonds is 5. The Balaban J connectivity index is 1.83. The lowest BCUT2D eigenvalue weighted by molar-refractivity contribution is 0.0424. The molecule has 0 aromatic carbocycles. The van der Waals surface area contributed by atoms with Crippen LogP contribution in [0.5, 0.6) is 0 Å². The van der Waals surface area contributed by atoms with Gasteiger partial charge in [-0.1, -0.05) is 12.8 Å². The first-order valence-electron chi connectivity index (χ1n) is 7.14. The van der Waals surface area contributed by atoms with Gasteiger partial charge in [0.1, 0.15) is 5.82 Å². The predicted molar refractivity (Wildman–Crippen MR) is 78.8 cm³/mol. The second-order valence-corrected chi connectivity index (χ2v) is 5.74. The van der Waals surface area contributed by atoms with Crippen LogP contribution in [0.3, 0.4) is 0 Å². The van der Waals surface area contributed by atoms with Crippen molar-refractivity contribution in [2.45, 2.75) is 37.7 Å². The number of nitrogens with zero attached hydrogens (tertiary/aromatic N) is 2. The average molecular weight is 277 g/mol. The lowest BCUT2D eigenvalue weighted by atomic mass is 9.98. The van der Waals surface area contributed by atoms with Crippen molar-refractivity contribution >= 4 is 11.7 Å². The molecular formula is C15H23N3O2. The van der Waals surface area contributed by atoms with Crippen LogP contribution in [0.4, 0.5) is 5.82 Å². The van der Waals surface area contributed by atoms with Crippen LogP contribution in [0.15, 0.2) is 18.3 Å². The van der Waals surface area contributed by atoms with E-state index in [0.717, 1.165) is 37.9 Å². The molecule has 1 aromatic heterocycles. The molecule has 0 bridgehead atoms. The van der Waals surface area contributed by atoms with Gasteiger partial charge in [-0.2, -0.15) is 0 Å². The highest BCUT2D eigenvalue weighted by Gasteiger charge is 2.30. The lowest BCUT2D eigenvalue weighted by Crippen LogP contribution is -2.27. The Morgan fingerprint density at radius 1 is 1.40 bits per heavy atom. The molecule has 110 valence electrons. The van der Waals surface area contributed by atoms with Gasteiger partial charge in [0, 0.05) is 26.8 Å². The quantitative estimate of drug-likeness (QED) is 0.862. The molecule has 2 rings (SSSR count). The maximum Gasteiger partial charge on any atom is 0.254 e. The Labute approximate surface area is 120 Å². The minimum absolute atomic E-state index is 0.0516. The summed E-state index contributed by atoms with van der Waals surface area (Å²) in [5, 5.41) is 13.4. The fraction of sp³-hybridized carbons (Fsp3) is 0.600. The van der Waals surface area contributed by atoms with Crippen molar-refractivity contribution in [3.8, 4) is 0 Å². The van der Waals surface area contributed by atoms with E-state index in [1.807, 2.05) is 0 Å². The third-order valence-corrected chi connectivity index (χ3v) is 3.85. The molecule has 1 aliphatic carbocycles. The second-order valence-electron chi connectivity index (χ2n) is 5.74. The van der Waals surface area contributed by atoms with Crippen molar-refractivity contribution in [3.63, 3.8) is 0 Å². The van der Waals surface area contributed by atoms with Crippen LogP contribution in [0.1, 0.15) is 42.5 Å². The number of pyridine rings is 1. The highest BCUT2D eigenvalue weighted by molar-refractivity contribution is 5.93. The Bertz CT molecular complexity index is 451. The van der Waals surface area contributed by atoms with Crippen LogP contribution < -0.4 is 5.32 Å². The molecule has 0 radical (unpaired) electrons. The molecule has 0 unspecified atom stereocenters. The molecule has 0 spiro atoms. The van der Waals surface area contributed by atoms with Gasteiger partial charge in [0.15, 0.2) is 0 Å².